The summed E-state index contributed by atoms with van der Waals surface area (Å²) in [5, 5.41) is 12.6. The lowest BCUT2D eigenvalue weighted by atomic mass is 10.2. The van der Waals surface area contributed by atoms with E-state index in [-0.39, 0.29) is 0 Å². The average molecular weight is 245 g/mol. The van der Waals surface area contributed by atoms with Gasteiger partial charge in [-0.25, -0.2) is 0 Å². The third kappa shape index (κ3) is 2.65. The summed E-state index contributed by atoms with van der Waals surface area (Å²) in [4.78, 5) is 3.95. The smallest absolute Gasteiger partial charge is 0.101 e. The zero-order valence-electron chi connectivity index (χ0n) is 8.81. The minimum absolute atomic E-state index is 0.511. The maximum atomic E-state index is 8.97. The Labute approximate surface area is 104 Å². The molecule has 84 valence electrons. The quantitative estimate of drug-likeness (QED) is 0.852. The molecule has 0 amide bonds. The lowest BCUT2D eigenvalue weighted by Gasteiger charge is -2.08. The number of benzene rings is 1. The third-order valence-electron chi connectivity index (χ3n) is 2.14. The Morgan fingerprint density at radius 1 is 1.29 bits per heavy atom. The van der Waals surface area contributed by atoms with Crippen LogP contribution < -0.4 is 11.1 Å². The predicted octanol–water partition coefficient (Wildman–Crippen LogP) is 2.93. The SMILES string of the molecule is N#Cc1ccc(Cl)cc1Nc1cncc(N)c1. The van der Waals surface area contributed by atoms with Gasteiger partial charge in [0.05, 0.1) is 28.8 Å². The highest BCUT2D eigenvalue weighted by atomic mass is 35.5. The standard InChI is InChI=1S/C12H9ClN4/c13-9-2-1-8(5-14)12(3-9)17-11-4-10(15)6-16-7-11/h1-4,6-7,17H,15H2. The minimum atomic E-state index is 0.511. The van der Waals surface area contributed by atoms with Gasteiger partial charge >= 0.3 is 0 Å². The van der Waals surface area contributed by atoms with Crippen molar-refractivity contribution in [2.24, 2.45) is 0 Å². The van der Waals surface area contributed by atoms with Crippen LogP contribution in [0.2, 0.25) is 5.02 Å². The van der Waals surface area contributed by atoms with E-state index in [0.717, 1.165) is 0 Å². The van der Waals surface area contributed by atoms with Crippen LogP contribution in [0.3, 0.4) is 0 Å². The second kappa shape index (κ2) is 4.73. The molecule has 0 fully saturated rings. The molecular weight excluding hydrogens is 236 g/mol. The van der Waals surface area contributed by atoms with Gasteiger partial charge in [0, 0.05) is 11.2 Å². The van der Waals surface area contributed by atoms with E-state index in [4.69, 9.17) is 22.6 Å². The van der Waals surface area contributed by atoms with E-state index in [1.54, 1.807) is 36.7 Å². The van der Waals surface area contributed by atoms with Crippen molar-refractivity contribution in [3.63, 3.8) is 0 Å². The summed E-state index contributed by atoms with van der Waals surface area (Å²) < 4.78 is 0. The largest absolute Gasteiger partial charge is 0.397 e. The zero-order chi connectivity index (χ0) is 12.3. The molecule has 2 aromatic rings. The third-order valence-corrected chi connectivity index (χ3v) is 2.38. The number of nitrogens with one attached hydrogen (secondary N) is 1. The molecule has 0 spiro atoms. The lowest BCUT2D eigenvalue weighted by molar-refractivity contribution is 1.32. The van der Waals surface area contributed by atoms with Crippen LogP contribution in [-0.2, 0) is 0 Å². The summed E-state index contributed by atoms with van der Waals surface area (Å²) >= 11 is 5.88. The monoisotopic (exact) mass is 244 g/mol. The summed E-state index contributed by atoms with van der Waals surface area (Å²) in [7, 11) is 0. The molecule has 0 aliphatic carbocycles. The number of nitrogens with zero attached hydrogens (tertiary/aromatic N) is 2. The lowest BCUT2D eigenvalue weighted by Crippen LogP contribution is -1.95. The van der Waals surface area contributed by atoms with Crippen molar-refractivity contribution in [1.29, 1.82) is 5.26 Å². The first kappa shape index (κ1) is 11.2. The van der Waals surface area contributed by atoms with E-state index < -0.39 is 0 Å². The normalized spacial score (nSPS) is 9.65. The molecule has 0 aliphatic rings. The molecule has 0 unspecified atom stereocenters. The summed E-state index contributed by atoms with van der Waals surface area (Å²) in [6.07, 6.45) is 3.17. The van der Waals surface area contributed by atoms with E-state index >= 15 is 0 Å². The number of nitrogen functional groups attached to an aromatic ring is 1. The molecule has 0 radical (unpaired) electrons. The second-order valence-corrected chi connectivity index (χ2v) is 3.87. The minimum Gasteiger partial charge on any atom is -0.397 e. The number of nitriles is 1. The van der Waals surface area contributed by atoms with Gasteiger partial charge in [-0.15, -0.1) is 0 Å². The van der Waals surface area contributed by atoms with Crippen molar-refractivity contribution < 1.29 is 0 Å². The fraction of sp³-hybridized carbons (Fsp3) is 0. The number of nitrogens with two attached hydrogens (primary N) is 1. The summed E-state index contributed by atoms with van der Waals surface area (Å²) in [5.41, 5.74) is 8.03. The van der Waals surface area contributed by atoms with Crippen molar-refractivity contribution in [2.45, 2.75) is 0 Å². The van der Waals surface area contributed by atoms with E-state index in [1.165, 1.54) is 0 Å². The summed E-state index contributed by atoms with van der Waals surface area (Å²) in [6.45, 7) is 0. The first-order valence-electron chi connectivity index (χ1n) is 4.86. The maximum Gasteiger partial charge on any atom is 0.101 e. The molecule has 0 saturated heterocycles. The Balaban J connectivity index is 2.36. The molecule has 17 heavy (non-hydrogen) atoms. The van der Waals surface area contributed by atoms with Gasteiger partial charge in [-0.05, 0) is 24.3 Å². The van der Waals surface area contributed by atoms with Crippen LogP contribution in [0.1, 0.15) is 5.56 Å². The Kier molecular flexibility index (Phi) is 3.12. The molecule has 0 saturated carbocycles. The Morgan fingerprint density at radius 3 is 2.82 bits per heavy atom. The second-order valence-electron chi connectivity index (χ2n) is 3.43. The highest BCUT2D eigenvalue weighted by molar-refractivity contribution is 6.30. The average Bonchev–Trinajstić information content (AvgIpc) is 2.29. The van der Waals surface area contributed by atoms with Gasteiger partial charge < -0.3 is 11.1 Å². The number of anilines is 3. The van der Waals surface area contributed by atoms with Gasteiger partial charge in [-0.3, -0.25) is 4.98 Å². The number of aromatic nitrogens is 1. The number of halogens is 1. The van der Waals surface area contributed by atoms with Gasteiger partial charge in [0.15, 0.2) is 0 Å². The molecule has 1 aromatic heterocycles. The van der Waals surface area contributed by atoms with Crippen LogP contribution in [0.25, 0.3) is 0 Å². The Hall–Kier alpha value is -2.25. The first-order valence-corrected chi connectivity index (χ1v) is 5.24. The summed E-state index contributed by atoms with van der Waals surface area (Å²) in [6, 6.07) is 8.83. The first-order chi connectivity index (χ1) is 8.19. The molecular formula is C12H9ClN4. The van der Waals surface area contributed by atoms with E-state index in [2.05, 4.69) is 16.4 Å². The van der Waals surface area contributed by atoms with Crippen LogP contribution in [-0.4, -0.2) is 4.98 Å². The molecule has 0 atom stereocenters. The fourth-order valence-electron chi connectivity index (χ4n) is 1.40. The van der Waals surface area contributed by atoms with Crippen LogP contribution in [0.4, 0.5) is 17.1 Å². The molecule has 2 rings (SSSR count). The molecule has 4 nitrogen and oxygen atoms in total. The molecule has 0 bridgehead atoms. The van der Waals surface area contributed by atoms with E-state index in [9.17, 15) is 0 Å². The van der Waals surface area contributed by atoms with Crippen molar-refractivity contribution in [3.8, 4) is 6.07 Å². The molecule has 0 aliphatic heterocycles. The van der Waals surface area contributed by atoms with Gasteiger partial charge in [0.1, 0.15) is 6.07 Å². The molecule has 3 N–H and O–H groups in total. The highest BCUT2D eigenvalue weighted by Crippen LogP contribution is 2.24. The molecule has 1 heterocycles. The van der Waals surface area contributed by atoms with Crippen LogP contribution >= 0.6 is 11.6 Å². The van der Waals surface area contributed by atoms with Crippen molar-refractivity contribution in [2.75, 3.05) is 11.1 Å². The van der Waals surface area contributed by atoms with Crippen LogP contribution in [0.5, 0.6) is 0 Å². The number of pyridine rings is 1. The van der Waals surface area contributed by atoms with E-state index in [1.807, 2.05) is 0 Å². The number of rotatable bonds is 2. The van der Waals surface area contributed by atoms with Gasteiger partial charge in [0.25, 0.3) is 0 Å². The van der Waals surface area contributed by atoms with Gasteiger partial charge in [-0.1, -0.05) is 11.6 Å². The zero-order valence-corrected chi connectivity index (χ0v) is 9.57. The Bertz CT molecular complexity index is 589. The van der Waals surface area contributed by atoms with E-state index in [0.29, 0.717) is 27.6 Å². The van der Waals surface area contributed by atoms with Crippen molar-refractivity contribution in [3.05, 3.63) is 47.2 Å². The topological polar surface area (TPSA) is 74.7 Å². The van der Waals surface area contributed by atoms with Crippen LogP contribution in [0, 0.1) is 11.3 Å². The number of hydrogen-bond acceptors (Lipinski definition) is 4. The highest BCUT2D eigenvalue weighted by Gasteiger charge is 2.03. The molecule has 5 heteroatoms. The van der Waals surface area contributed by atoms with Gasteiger partial charge in [0.2, 0.25) is 0 Å². The van der Waals surface area contributed by atoms with Crippen molar-refractivity contribution >= 4 is 28.7 Å². The number of hydrogen-bond donors (Lipinski definition) is 2. The van der Waals surface area contributed by atoms with Gasteiger partial charge in [-0.2, -0.15) is 5.26 Å². The fourth-order valence-corrected chi connectivity index (χ4v) is 1.57. The molecule has 1 aromatic carbocycles. The summed E-state index contributed by atoms with van der Waals surface area (Å²) in [5.74, 6) is 0. The van der Waals surface area contributed by atoms with Crippen LogP contribution in [0.15, 0.2) is 36.7 Å². The predicted molar refractivity (Wildman–Crippen MR) is 68.1 cm³/mol. The maximum absolute atomic E-state index is 8.97. The Morgan fingerprint density at radius 2 is 2.12 bits per heavy atom. The van der Waals surface area contributed by atoms with Crippen molar-refractivity contribution in [1.82, 2.24) is 4.98 Å².